The lowest BCUT2D eigenvalue weighted by molar-refractivity contribution is -0.114. The smallest absolute Gasteiger partial charge is 0.268 e. The molecule has 182 valence electrons. The molecular formula is C29H21N3O2S3. The second-order valence-electron chi connectivity index (χ2n) is 8.51. The van der Waals surface area contributed by atoms with E-state index in [1.807, 2.05) is 114 Å². The van der Waals surface area contributed by atoms with E-state index >= 15 is 0 Å². The third kappa shape index (κ3) is 4.31. The molecule has 3 heterocycles. The molecule has 0 aliphatic carbocycles. The van der Waals surface area contributed by atoms with E-state index in [9.17, 15) is 9.59 Å². The molecule has 1 atom stereocenters. The number of aryl methyl sites for hydroxylation is 1. The Morgan fingerprint density at radius 1 is 0.838 bits per heavy atom. The summed E-state index contributed by atoms with van der Waals surface area (Å²) in [6.45, 7) is 2.03. The van der Waals surface area contributed by atoms with Crippen LogP contribution in [-0.2, 0) is 4.79 Å². The summed E-state index contributed by atoms with van der Waals surface area (Å²) >= 11 is 4.12. The summed E-state index contributed by atoms with van der Waals surface area (Å²) in [5, 5.41) is 8.91. The van der Waals surface area contributed by atoms with Crippen molar-refractivity contribution in [2.24, 2.45) is 5.10 Å². The van der Waals surface area contributed by atoms with Gasteiger partial charge >= 0.3 is 0 Å². The first-order chi connectivity index (χ1) is 18.0. The molecule has 1 aromatic heterocycles. The standard InChI is InChI=1S/C29H21N3O2S3/c1-20-14-16-23(17-15-20)32-29(37-27(30-32)26(33)24-13-8-18-35-24)31(22-11-6-3-7-12-22)28(34)25(36-29)19-21-9-4-2-5-10-21/h2-19H,1H3/b25-19-. The highest BCUT2D eigenvalue weighted by molar-refractivity contribution is 8.29. The fourth-order valence-electron chi connectivity index (χ4n) is 4.18. The van der Waals surface area contributed by atoms with E-state index in [2.05, 4.69) is 0 Å². The van der Waals surface area contributed by atoms with E-state index in [1.165, 1.54) is 34.9 Å². The summed E-state index contributed by atoms with van der Waals surface area (Å²) in [6.07, 6.45) is 1.91. The van der Waals surface area contributed by atoms with Gasteiger partial charge in [-0.2, -0.15) is 5.10 Å². The molecule has 1 saturated heterocycles. The predicted octanol–water partition coefficient (Wildman–Crippen LogP) is 7.24. The summed E-state index contributed by atoms with van der Waals surface area (Å²) < 4.78 is -1.05. The van der Waals surface area contributed by atoms with Crippen LogP contribution in [0.2, 0.25) is 0 Å². The van der Waals surface area contributed by atoms with Crippen LogP contribution in [0, 0.1) is 6.92 Å². The summed E-state index contributed by atoms with van der Waals surface area (Å²) in [5.74, 6) is -0.278. The van der Waals surface area contributed by atoms with Crippen LogP contribution in [-0.4, -0.2) is 21.1 Å². The van der Waals surface area contributed by atoms with Crippen LogP contribution in [0.4, 0.5) is 11.4 Å². The third-order valence-corrected chi connectivity index (χ3v) is 9.54. The number of hydrogen-bond acceptors (Lipinski definition) is 7. The van der Waals surface area contributed by atoms with Crippen molar-refractivity contribution in [2.45, 2.75) is 11.3 Å². The fourth-order valence-corrected chi connectivity index (χ4v) is 7.84. The molecule has 0 bridgehead atoms. The third-order valence-electron chi connectivity index (χ3n) is 5.96. The lowest BCUT2D eigenvalue weighted by Crippen LogP contribution is -2.51. The highest BCUT2D eigenvalue weighted by Gasteiger charge is 2.60. The molecule has 0 N–H and O–H groups in total. The van der Waals surface area contributed by atoms with Gasteiger partial charge in [0.05, 0.1) is 15.5 Å². The number of para-hydroxylation sites is 1. The lowest BCUT2D eigenvalue weighted by atomic mass is 10.2. The van der Waals surface area contributed by atoms with Gasteiger partial charge in [0.2, 0.25) is 10.1 Å². The normalized spacial score (nSPS) is 20.2. The van der Waals surface area contributed by atoms with E-state index in [-0.39, 0.29) is 11.7 Å². The molecule has 37 heavy (non-hydrogen) atoms. The van der Waals surface area contributed by atoms with Crippen LogP contribution in [0.5, 0.6) is 0 Å². The van der Waals surface area contributed by atoms with Gasteiger partial charge in [-0.15, -0.1) is 11.3 Å². The second kappa shape index (κ2) is 9.70. The summed E-state index contributed by atoms with van der Waals surface area (Å²) in [7, 11) is 0. The van der Waals surface area contributed by atoms with Crippen LogP contribution >= 0.6 is 34.9 Å². The lowest BCUT2D eigenvalue weighted by Gasteiger charge is -2.38. The Morgan fingerprint density at radius 3 is 2.22 bits per heavy atom. The highest BCUT2D eigenvalue weighted by atomic mass is 32.2. The molecule has 1 amide bonds. The van der Waals surface area contributed by atoms with Crippen LogP contribution in [0.1, 0.15) is 20.8 Å². The number of hydrogen-bond donors (Lipinski definition) is 0. The maximum Gasteiger partial charge on any atom is 0.268 e. The molecule has 5 nitrogen and oxygen atoms in total. The number of hydrazone groups is 1. The minimum absolute atomic E-state index is 0.135. The second-order valence-corrected chi connectivity index (χ2v) is 12.1. The van der Waals surface area contributed by atoms with Gasteiger partial charge in [-0.25, -0.2) is 5.01 Å². The minimum atomic E-state index is -1.05. The number of thioether (sulfide) groups is 2. The van der Waals surface area contributed by atoms with Crippen molar-refractivity contribution in [3.05, 3.63) is 123 Å². The van der Waals surface area contributed by atoms with Crippen LogP contribution < -0.4 is 9.91 Å². The molecule has 0 saturated carbocycles. The minimum Gasteiger partial charge on any atom is -0.285 e. The number of carbonyl (C=O) groups excluding carboxylic acids is 2. The summed E-state index contributed by atoms with van der Waals surface area (Å²) in [5.41, 5.74) is 3.59. The number of rotatable bonds is 5. The molecule has 2 aliphatic rings. The first kappa shape index (κ1) is 23.8. The van der Waals surface area contributed by atoms with Gasteiger partial charge in [-0.3, -0.25) is 14.5 Å². The SMILES string of the molecule is Cc1ccc(N2N=C(C(=O)c3cccs3)SC23S/C(=C\c2ccccc2)C(=O)N3c2ccccc2)cc1. The van der Waals surface area contributed by atoms with E-state index in [1.54, 1.807) is 11.0 Å². The van der Waals surface area contributed by atoms with Crippen molar-refractivity contribution in [3.63, 3.8) is 0 Å². The zero-order valence-corrected chi connectivity index (χ0v) is 22.2. The van der Waals surface area contributed by atoms with Gasteiger partial charge in [0.15, 0.2) is 5.04 Å². The van der Waals surface area contributed by atoms with Crippen molar-refractivity contribution in [2.75, 3.05) is 9.91 Å². The Morgan fingerprint density at radius 2 is 1.54 bits per heavy atom. The Hall–Kier alpha value is -3.59. The first-order valence-electron chi connectivity index (χ1n) is 11.6. The van der Waals surface area contributed by atoms with Crippen molar-refractivity contribution >= 4 is 69.0 Å². The maximum absolute atomic E-state index is 14.1. The molecular weight excluding hydrogens is 519 g/mol. The van der Waals surface area contributed by atoms with Crippen molar-refractivity contribution in [1.82, 2.24) is 0 Å². The van der Waals surface area contributed by atoms with Crippen LogP contribution in [0.3, 0.4) is 0 Å². The fraction of sp³-hybridized carbons (Fsp3) is 0.0690. The van der Waals surface area contributed by atoms with Gasteiger partial charge in [0.25, 0.3) is 5.91 Å². The molecule has 1 unspecified atom stereocenters. The van der Waals surface area contributed by atoms with E-state index in [0.29, 0.717) is 14.8 Å². The quantitative estimate of drug-likeness (QED) is 0.198. The number of Topliss-reactive ketones (excluding diaryl/α,β-unsaturated/α-hetero) is 1. The molecule has 1 fully saturated rings. The number of benzene rings is 3. The number of amides is 1. The first-order valence-corrected chi connectivity index (χ1v) is 14.1. The molecule has 1 spiro atoms. The van der Waals surface area contributed by atoms with E-state index in [0.717, 1.165) is 22.5 Å². The van der Waals surface area contributed by atoms with Crippen molar-refractivity contribution in [3.8, 4) is 0 Å². The van der Waals surface area contributed by atoms with Crippen LogP contribution in [0.25, 0.3) is 6.08 Å². The van der Waals surface area contributed by atoms with Gasteiger partial charge in [0.1, 0.15) is 0 Å². The number of nitrogens with zero attached hydrogens (tertiary/aromatic N) is 3. The Kier molecular flexibility index (Phi) is 6.24. The number of ketones is 1. The summed E-state index contributed by atoms with van der Waals surface area (Å²) in [4.78, 5) is 30.5. The zero-order chi connectivity index (χ0) is 25.4. The Labute approximate surface area is 227 Å². The maximum atomic E-state index is 14.1. The molecule has 0 radical (unpaired) electrons. The largest absolute Gasteiger partial charge is 0.285 e. The van der Waals surface area contributed by atoms with E-state index < -0.39 is 4.33 Å². The van der Waals surface area contributed by atoms with E-state index in [4.69, 9.17) is 5.10 Å². The van der Waals surface area contributed by atoms with Gasteiger partial charge < -0.3 is 0 Å². The molecule has 2 aliphatic heterocycles. The zero-order valence-electron chi connectivity index (χ0n) is 19.8. The summed E-state index contributed by atoms with van der Waals surface area (Å²) in [6, 6.07) is 31.0. The monoisotopic (exact) mass is 539 g/mol. The van der Waals surface area contributed by atoms with Crippen molar-refractivity contribution in [1.29, 1.82) is 0 Å². The highest BCUT2D eigenvalue weighted by Crippen LogP contribution is 2.59. The topological polar surface area (TPSA) is 53.0 Å². The van der Waals surface area contributed by atoms with Gasteiger partial charge in [-0.05, 0) is 66.0 Å². The molecule has 3 aromatic carbocycles. The molecule has 4 aromatic rings. The number of anilines is 2. The Bertz CT molecular complexity index is 1520. The predicted molar refractivity (Wildman–Crippen MR) is 156 cm³/mol. The van der Waals surface area contributed by atoms with Gasteiger partial charge in [-0.1, -0.05) is 84.1 Å². The van der Waals surface area contributed by atoms with Crippen molar-refractivity contribution < 1.29 is 9.59 Å². The van der Waals surface area contributed by atoms with Gasteiger partial charge in [0, 0.05) is 5.69 Å². The number of thiophene rings is 1. The molecule has 8 heteroatoms. The molecule has 6 rings (SSSR count). The number of carbonyl (C=O) groups is 2. The average molecular weight is 540 g/mol. The van der Waals surface area contributed by atoms with Crippen LogP contribution in [0.15, 0.2) is 112 Å². The average Bonchev–Trinajstić information content (AvgIpc) is 3.65. The Balaban J connectivity index is 1.52.